The Morgan fingerprint density at radius 1 is 1.19 bits per heavy atom. The largest absolute Gasteiger partial charge is 0.349 e. The third kappa shape index (κ3) is 5.68. The Labute approximate surface area is 135 Å². The summed E-state index contributed by atoms with van der Waals surface area (Å²) in [6.07, 6.45) is 3.23. The van der Waals surface area contributed by atoms with Crippen molar-refractivity contribution in [1.82, 2.24) is 5.32 Å². The summed E-state index contributed by atoms with van der Waals surface area (Å²) >= 11 is 0. The van der Waals surface area contributed by atoms with Crippen molar-refractivity contribution in [3.8, 4) is 0 Å². The van der Waals surface area contributed by atoms with Gasteiger partial charge in [0.1, 0.15) is 0 Å². The molecule has 1 rings (SSSR count). The first-order chi connectivity index (χ1) is 9.60. The summed E-state index contributed by atoms with van der Waals surface area (Å²) in [6.45, 7) is 6.77. The minimum atomic E-state index is -0.244. The molecule has 4 heteroatoms. The fraction of sp³-hybridized carbons (Fsp3) is 0.588. The van der Waals surface area contributed by atoms with Gasteiger partial charge in [0.05, 0.1) is 5.54 Å². The number of carbonyl (C=O) groups excluding carboxylic acids is 1. The van der Waals surface area contributed by atoms with Gasteiger partial charge in [0.25, 0.3) is 0 Å². The number of amides is 1. The molecule has 0 aliphatic heterocycles. The molecule has 0 aliphatic carbocycles. The van der Waals surface area contributed by atoms with Crippen molar-refractivity contribution in [3.05, 3.63) is 35.9 Å². The second kappa shape index (κ2) is 9.80. The lowest BCUT2D eigenvalue weighted by atomic mass is 9.90. The van der Waals surface area contributed by atoms with E-state index < -0.39 is 0 Å². The zero-order chi connectivity index (χ0) is 15.0. The van der Waals surface area contributed by atoms with Gasteiger partial charge in [0, 0.05) is 13.0 Å². The number of nitrogens with one attached hydrogen (secondary N) is 1. The van der Waals surface area contributed by atoms with Gasteiger partial charge < -0.3 is 11.1 Å². The van der Waals surface area contributed by atoms with Crippen LogP contribution in [0.4, 0.5) is 0 Å². The number of nitrogens with two attached hydrogens (primary N) is 1. The molecule has 1 atom stereocenters. The molecule has 1 aromatic carbocycles. The van der Waals surface area contributed by atoms with Crippen molar-refractivity contribution >= 4 is 18.3 Å². The van der Waals surface area contributed by atoms with Gasteiger partial charge in [-0.1, -0.05) is 51.1 Å². The van der Waals surface area contributed by atoms with Crippen molar-refractivity contribution in [3.63, 3.8) is 0 Å². The predicted molar refractivity (Wildman–Crippen MR) is 91.8 cm³/mol. The molecule has 0 bridgehead atoms. The van der Waals surface area contributed by atoms with Gasteiger partial charge >= 0.3 is 0 Å². The molecule has 0 spiro atoms. The summed E-state index contributed by atoms with van der Waals surface area (Å²) in [7, 11) is 0. The van der Waals surface area contributed by atoms with E-state index in [1.165, 1.54) is 5.56 Å². The van der Waals surface area contributed by atoms with Crippen molar-refractivity contribution in [2.75, 3.05) is 6.54 Å². The van der Waals surface area contributed by atoms with Crippen LogP contribution in [0.3, 0.4) is 0 Å². The zero-order valence-electron chi connectivity index (χ0n) is 13.4. The number of hydrogen-bond donors (Lipinski definition) is 2. The lowest BCUT2D eigenvalue weighted by molar-refractivity contribution is -0.123. The molecule has 3 N–H and O–H groups in total. The van der Waals surface area contributed by atoms with Crippen LogP contribution in [0.15, 0.2) is 30.3 Å². The van der Waals surface area contributed by atoms with Crippen LogP contribution in [0.5, 0.6) is 0 Å². The first-order valence-electron chi connectivity index (χ1n) is 7.66. The minimum Gasteiger partial charge on any atom is -0.349 e. The van der Waals surface area contributed by atoms with Crippen LogP contribution < -0.4 is 11.1 Å². The zero-order valence-corrected chi connectivity index (χ0v) is 14.2. The first-order valence-corrected chi connectivity index (χ1v) is 7.66. The van der Waals surface area contributed by atoms with Gasteiger partial charge in [-0.2, -0.15) is 0 Å². The minimum absolute atomic E-state index is 0. The number of carbonyl (C=O) groups is 1. The molecule has 0 aromatic heterocycles. The highest BCUT2D eigenvalue weighted by molar-refractivity contribution is 5.85. The van der Waals surface area contributed by atoms with E-state index in [2.05, 4.69) is 38.2 Å². The first kappa shape index (κ1) is 19.9. The monoisotopic (exact) mass is 312 g/mol. The maximum Gasteiger partial charge on any atom is 0.221 e. The second-order valence-electron chi connectivity index (χ2n) is 5.46. The number of halogens is 1. The highest BCUT2D eigenvalue weighted by Crippen LogP contribution is 2.23. The maximum atomic E-state index is 12.3. The summed E-state index contributed by atoms with van der Waals surface area (Å²) in [4.78, 5) is 12.3. The fourth-order valence-corrected chi connectivity index (χ4v) is 2.56. The normalized spacial score (nSPS) is 12.4. The summed E-state index contributed by atoms with van der Waals surface area (Å²) in [5.74, 6) is 0.384. The van der Waals surface area contributed by atoms with Crippen LogP contribution in [-0.4, -0.2) is 18.0 Å². The molecular weight excluding hydrogens is 284 g/mol. The van der Waals surface area contributed by atoms with Crippen LogP contribution in [0.1, 0.15) is 57.9 Å². The van der Waals surface area contributed by atoms with E-state index in [4.69, 9.17) is 5.73 Å². The highest BCUT2D eigenvalue weighted by atomic mass is 35.5. The lowest BCUT2D eigenvalue weighted by Gasteiger charge is -2.32. The van der Waals surface area contributed by atoms with Crippen LogP contribution in [0, 0.1) is 0 Å². The molecule has 0 aliphatic rings. The topological polar surface area (TPSA) is 55.1 Å². The van der Waals surface area contributed by atoms with Crippen LogP contribution in [0.2, 0.25) is 0 Å². The summed E-state index contributed by atoms with van der Waals surface area (Å²) in [6, 6.07) is 10.2. The van der Waals surface area contributed by atoms with Gasteiger partial charge in [-0.3, -0.25) is 4.79 Å². The van der Waals surface area contributed by atoms with E-state index in [1.54, 1.807) is 0 Å². The van der Waals surface area contributed by atoms with Crippen LogP contribution in [0.25, 0.3) is 0 Å². The number of benzene rings is 1. The van der Waals surface area contributed by atoms with Crippen molar-refractivity contribution in [1.29, 1.82) is 0 Å². The predicted octanol–water partition coefficient (Wildman–Crippen LogP) is 3.63. The Bertz CT molecular complexity index is 396. The maximum absolute atomic E-state index is 12.3. The van der Waals surface area contributed by atoms with Crippen molar-refractivity contribution < 1.29 is 4.79 Å². The Morgan fingerprint density at radius 3 is 2.19 bits per heavy atom. The molecule has 120 valence electrons. The van der Waals surface area contributed by atoms with E-state index in [1.807, 2.05) is 18.2 Å². The summed E-state index contributed by atoms with van der Waals surface area (Å²) in [5, 5.41) is 3.15. The molecule has 0 radical (unpaired) electrons. The molecule has 1 amide bonds. The number of rotatable bonds is 8. The Balaban J connectivity index is 0.00000400. The SMILES string of the molecule is CCC(CC(=O)NC(CC)(CC)CN)c1ccccc1.Cl. The van der Waals surface area contributed by atoms with Crippen LogP contribution >= 0.6 is 12.4 Å². The average molecular weight is 313 g/mol. The molecule has 1 aromatic rings. The number of hydrogen-bond acceptors (Lipinski definition) is 2. The Morgan fingerprint density at radius 2 is 1.76 bits per heavy atom. The lowest BCUT2D eigenvalue weighted by Crippen LogP contribution is -2.53. The van der Waals surface area contributed by atoms with Crippen LogP contribution in [-0.2, 0) is 4.79 Å². The molecule has 0 heterocycles. The molecule has 0 fully saturated rings. The van der Waals surface area contributed by atoms with Crippen molar-refractivity contribution in [2.24, 2.45) is 5.73 Å². The molecule has 0 saturated carbocycles. The Hall–Kier alpha value is -1.06. The smallest absolute Gasteiger partial charge is 0.221 e. The standard InChI is InChI=1S/C17H28N2O.ClH/c1-4-14(15-10-8-7-9-11-15)12-16(20)19-17(5-2,6-3)13-18;/h7-11,14H,4-6,12-13,18H2,1-3H3,(H,19,20);1H. The van der Waals surface area contributed by atoms with E-state index in [0.29, 0.717) is 13.0 Å². The van der Waals surface area contributed by atoms with E-state index in [-0.39, 0.29) is 29.8 Å². The van der Waals surface area contributed by atoms with Crippen molar-refractivity contribution in [2.45, 2.75) is 57.9 Å². The van der Waals surface area contributed by atoms with Gasteiger partial charge in [-0.25, -0.2) is 0 Å². The third-order valence-corrected chi connectivity index (χ3v) is 4.34. The van der Waals surface area contributed by atoms with E-state index >= 15 is 0 Å². The van der Waals surface area contributed by atoms with Gasteiger partial charge in [0.2, 0.25) is 5.91 Å². The van der Waals surface area contributed by atoms with Gasteiger partial charge in [-0.05, 0) is 30.7 Å². The van der Waals surface area contributed by atoms with E-state index in [9.17, 15) is 4.79 Å². The molecule has 21 heavy (non-hydrogen) atoms. The van der Waals surface area contributed by atoms with Gasteiger partial charge in [0.15, 0.2) is 0 Å². The molecule has 3 nitrogen and oxygen atoms in total. The molecule has 0 saturated heterocycles. The second-order valence-corrected chi connectivity index (χ2v) is 5.46. The van der Waals surface area contributed by atoms with E-state index in [0.717, 1.165) is 19.3 Å². The van der Waals surface area contributed by atoms with Gasteiger partial charge in [-0.15, -0.1) is 12.4 Å². The summed E-state index contributed by atoms with van der Waals surface area (Å²) in [5.41, 5.74) is 6.83. The average Bonchev–Trinajstić information content (AvgIpc) is 2.51. The third-order valence-electron chi connectivity index (χ3n) is 4.34. The quantitative estimate of drug-likeness (QED) is 0.770. The molecular formula is C17H29ClN2O. The fourth-order valence-electron chi connectivity index (χ4n) is 2.56. The summed E-state index contributed by atoms with van der Waals surface area (Å²) < 4.78 is 0. The Kier molecular flexibility index (Phi) is 9.31. The highest BCUT2D eigenvalue weighted by Gasteiger charge is 2.27. The molecule has 1 unspecified atom stereocenters.